The van der Waals surface area contributed by atoms with E-state index in [1.165, 1.54) is 92.1 Å². The van der Waals surface area contributed by atoms with Gasteiger partial charge in [-0.05, 0) is 74.9 Å². The van der Waals surface area contributed by atoms with E-state index in [1.807, 2.05) is 24.3 Å². The summed E-state index contributed by atoms with van der Waals surface area (Å²) >= 11 is 2.16. The molecule has 0 radical (unpaired) electrons. The SMILES string of the molecule is Cc1cc(C)c(-c2ccc3c(c2)[cH-]c2cc(-c4c(C)cc(C)cc4C)ccc23)c(C)c1.[C-]1=CC=CC1.[Cl-].[Cl-].[Ti+2]=[C](c1ccccc1)c1ccccc1. The Morgan fingerprint density at radius 1 is 0.538 bits per heavy atom. The van der Waals surface area contributed by atoms with Gasteiger partial charge in [-0.25, -0.2) is 12.2 Å². The van der Waals surface area contributed by atoms with Gasteiger partial charge in [0, 0.05) is 0 Å². The van der Waals surface area contributed by atoms with Crippen molar-refractivity contribution in [3.8, 4) is 22.3 Å². The van der Waals surface area contributed by atoms with Crippen molar-refractivity contribution in [2.45, 2.75) is 48.0 Å². The van der Waals surface area contributed by atoms with Crippen molar-refractivity contribution in [3.05, 3.63) is 196 Å². The van der Waals surface area contributed by atoms with E-state index in [0.29, 0.717) is 0 Å². The molecule has 1 aliphatic carbocycles. The van der Waals surface area contributed by atoms with Crippen LogP contribution in [-0.4, -0.2) is 3.81 Å². The second-order valence-electron chi connectivity index (χ2n) is 13.4. The standard InChI is InChI=1S/C31H29.C13H10.C5H5.2ClH.Ti/c1-18-11-20(3)30(21(4)12-18)24-7-9-28-26(15-24)17-27-16-25(8-10-29(27)28)31-22(5)13-19(2)14-23(31)6;1-3-7-12(8-4-1)11-13-9-5-2-6-10-13;1-2-4-5-3-1;;;/h7-17H,1-6H3;1-10H;1-3H,4H2;2*1H;/q-1;;-1;;;+2/p-2. The molecule has 52 heavy (non-hydrogen) atoms. The fraction of sp³-hybridized carbons (Fsp3) is 0.143. The first-order chi connectivity index (χ1) is 24.2. The second kappa shape index (κ2) is 18.5. The molecule has 0 atom stereocenters. The number of halogens is 2. The third-order valence-corrected chi connectivity index (χ3v) is 10.2. The summed E-state index contributed by atoms with van der Waals surface area (Å²) in [4.78, 5) is 0. The van der Waals surface area contributed by atoms with Crippen molar-refractivity contribution in [3.63, 3.8) is 0 Å². The van der Waals surface area contributed by atoms with Crippen LogP contribution in [0.2, 0.25) is 0 Å². The summed E-state index contributed by atoms with van der Waals surface area (Å²) in [5, 5.41) is 5.32. The molecule has 0 saturated heterocycles. The van der Waals surface area contributed by atoms with E-state index >= 15 is 0 Å². The van der Waals surface area contributed by atoms with Gasteiger partial charge in [0.15, 0.2) is 0 Å². The van der Waals surface area contributed by atoms with E-state index in [4.69, 9.17) is 0 Å². The van der Waals surface area contributed by atoms with Gasteiger partial charge < -0.3 is 24.8 Å². The summed E-state index contributed by atoms with van der Waals surface area (Å²) in [5.74, 6) is 0. The summed E-state index contributed by atoms with van der Waals surface area (Å²) in [6.45, 7) is 13.2. The molecule has 0 aliphatic heterocycles. The summed E-state index contributed by atoms with van der Waals surface area (Å²) in [5.41, 5.74) is 16.0. The third kappa shape index (κ3) is 9.43. The minimum absolute atomic E-state index is 0. The molecule has 1 aliphatic rings. The number of rotatable bonds is 4. The van der Waals surface area contributed by atoms with Gasteiger partial charge in [-0.1, -0.05) is 70.8 Å². The van der Waals surface area contributed by atoms with Gasteiger partial charge in [-0.2, -0.15) is 6.08 Å². The summed E-state index contributed by atoms with van der Waals surface area (Å²) < 4.78 is 1.33. The van der Waals surface area contributed by atoms with Gasteiger partial charge in [0.1, 0.15) is 0 Å². The van der Waals surface area contributed by atoms with Crippen LogP contribution in [-0.2, 0) is 20.0 Å². The molecule has 8 rings (SSSR count). The van der Waals surface area contributed by atoms with Crippen molar-refractivity contribution in [2.75, 3.05) is 0 Å². The van der Waals surface area contributed by atoms with E-state index in [1.54, 1.807) is 0 Å². The monoisotopic (exact) mass is 750 g/mol. The maximum atomic E-state index is 2.99. The van der Waals surface area contributed by atoms with Crippen LogP contribution in [0, 0.1) is 47.6 Å². The predicted molar refractivity (Wildman–Crippen MR) is 214 cm³/mol. The topological polar surface area (TPSA) is 0 Å². The number of fused-ring (bicyclic) bond motifs is 3. The van der Waals surface area contributed by atoms with Crippen molar-refractivity contribution in [1.82, 2.24) is 0 Å². The quantitative estimate of drug-likeness (QED) is 0.134. The van der Waals surface area contributed by atoms with Crippen LogP contribution in [0.1, 0.15) is 50.9 Å². The minimum atomic E-state index is 0. The zero-order valence-electron chi connectivity index (χ0n) is 30.8. The van der Waals surface area contributed by atoms with Crippen molar-refractivity contribution in [1.29, 1.82) is 0 Å². The second-order valence-corrected chi connectivity index (χ2v) is 14.2. The number of aryl methyl sites for hydroxylation is 6. The van der Waals surface area contributed by atoms with Gasteiger partial charge >= 0.3 is 95.6 Å². The van der Waals surface area contributed by atoms with Crippen LogP contribution in [0.3, 0.4) is 0 Å². The van der Waals surface area contributed by atoms with Crippen LogP contribution >= 0.6 is 0 Å². The Bertz CT molecular complexity index is 2150. The molecular formula is C49H44Cl2Ti-2. The van der Waals surface area contributed by atoms with Gasteiger partial charge in [0.05, 0.1) is 0 Å². The third-order valence-electron chi connectivity index (χ3n) is 9.35. The predicted octanol–water partition coefficient (Wildman–Crippen LogP) is 7.01. The summed E-state index contributed by atoms with van der Waals surface area (Å²) in [6, 6.07) is 46.3. The molecule has 7 aromatic rings. The molecule has 0 unspecified atom stereocenters. The number of benzene rings is 6. The van der Waals surface area contributed by atoms with Crippen molar-refractivity contribution < 1.29 is 44.8 Å². The Morgan fingerprint density at radius 2 is 0.942 bits per heavy atom. The van der Waals surface area contributed by atoms with E-state index in [-0.39, 0.29) is 24.8 Å². The first kappa shape index (κ1) is 40.6. The molecule has 260 valence electrons. The average Bonchev–Trinajstić information content (AvgIpc) is 3.80. The van der Waals surface area contributed by atoms with Crippen LogP contribution in [0.4, 0.5) is 0 Å². The number of hydrogen-bond acceptors (Lipinski definition) is 0. The molecule has 0 amide bonds. The van der Waals surface area contributed by atoms with Gasteiger partial charge in [-0.15, -0.1) is 46.2 Å². The first-order valence-electron chi connectivity index (χ1n) is 17.4. The molecule has 0 nitrogen and oxygen atoms in total. The summed E-state index contributed by atoms with van der Waals surface area (Å²) in [6.07, 6.45) is 10.0. The van der Waals surface area contributed by atoms with Gasteiger partial charge in [0.2, 0.25) is 0 Å². The van der Waals surface area contributed by atoms with Crippen LogP contribution < -0.4 is 24.8 Å². The van der Waals surface area contributed by atoms with Crippen molar-refractivity contribution in [2.24, 2.45) is 0 Å². The molecule has 0 aromatic heterocycles. The normalized spacial score (nSPS) is 11.2. The zero-order chi connectivity index (χ0) is 35.2. The average molecular weight is 752 g/mol. The number of allylic oxidation sites excluding steroid dienone is 4. The Morgan fingerprint density at radius 3 is 1.27 bits per heavy atom. The van der Waals surface area contributed by atoms with E-state index in [9.17, 15) is 0 Å². The molecular weight excluding hydrogens is 707 g/mol. The van der Waals surface area contributed by atoms with Crippen LogP contribution in [0.5, 0.6) is 0 Å². The van der Waals surface area contributed by atoms with Crippen LogP contribution in [0.15, 0.2) is 146 Å². The molecule has 0 N–H and O–H groups in total. The van der Waals surface area contributed by atoms with E-state index < -0.39 is 0 Å². The fourth-order valence-corrected chi connectivity index (χ4v) is 7.84. The Kier molecular flexibility index (Phi) is 14.5. The van der Waals surface area contributed by atoms with E-state index in [0.717, 1.165) is 6.42 Å². The van der Waals surface area contributed by atoms with E-state index in [2.05, 4.69) is 189 Å². The molecule has 3 heteroatoms. The zero-order valence-corrected chi connectivity index (χ0v) is 33.9. The van der Waals surface area contributed by atoms with Crippen LogP contribution in [0.25, 0.3) is 43.8 Å². The Balaban J connectivity index is 0.000000238. The molecule has 0 spiro atoms. The van der Waals surface area contributed by atoms with Gasteiger partial charge in [-0.3, -0.25) is 6.08 Å². The number of hydrogen-bond donors (Lipinski definition) is 0. The summed E-state index contributed by atoms with van der Waals surface area (Å²) in [7, 11) is 0. The molecule has 0 heterocycles. The molecule has 0 fully saturated rings. The first-order valence-corrected chi connectivity index (χ1v) is 18.2. The Hall–Kier alpha value is -4.17. The van der Waals surface area contributed by atoms with Gasteiger partial charge in [0.25, 0.3) is 0 Å². The molecule has 0 bridgehead atoms. The fourth-order valence-electron chi connectivity index (χ4n) is 7.32. The Labute approximate surface area is 334 Å². The van der Waals surface area contributed by atoms with Crippen molar-refractivity contribution >= 4 is 25.4 Å². The maximum absolute atomic E-state index is 2.99. The molecule has 7 aromatic carbocycles. The molecule has 0 saturated carbocycles.